The Morgan fingerprint density at radius 3 is 2.71 bits per heavy atom. The number of ether oxygens (including phenoxy) is 2. The van der Waals surface area contributed by atoms with E-state index in [1.165, 1.54) is 11.3 Å². The molecule has 162 valence electrons. The lowest BCUT2D eigenvalue weighted by atomic mass is 10.1. The Kier molecular flexibility index (Phi) is 8.18. The molecule has 3 rings (SSSR count). The highest BCUT2D eigenvalue weighted by molar-refractivity contribution is 7.09. The van der Waals surface area contributed by atoms with Gasteiger partial charge in [0.05, 0.1) is 25.1 Å². The van der Waals surface area contributed by atoms with Crippen LogP contribution in [0.15, 0.2) is 53.9 Å². The maximum atomic E-state index is 12.1. The second-order valence-electron chi connectivity index (χ2n) is 7.20. The van der Waals surface area contributed by atoms with Gasteiger partial charge in [0, 0.05) is 11.9 Å². The van der Waals surface area contributed by atoms with Crippen LogP contribution in [0, 0.1) is 13.8 Å². The second kappa shape index (κ2) is 11.3. The predicted molar refractivity (Wildman–Crippen MR) is 120 cm³/mol. The zero-order valence-electron chi connectivity index (χ0n) is 17.7. The predicted octanol–water partition coefficient (Wildman–Crippen LogP) is 4.13. The number of amides is 1. The molecule has 0 saturated heterocycles. The Bertz CT molecular complexity index is 1020. The van der Waals surface area contributed by atoms with E-state index in [1.54, 1.807) is 5.38 Å². The number of nitrogens with one attached hydrogen (secondary N) is 1. The first-order valence-corrected chi connectivity index (χ1v) is 11.0. The number of carbonyl (C=O) groups excluding carboxylic acids is 2. The Morgan fingerprint density at radius 1 is 1.10 bits per heavy atom. The van der Waals surface area contributed by atoms with Crippen molar-refractivity contribution in [3.8, 4) is 5.75 Å². The molecule has 0 aliphatic heterocycles. The highest BCUT2D eigenvalue weighted by Crippen LogP contribution is 2.19. The molecule has 1 N–H and O–H groups in total. The zero-order chi connectivity index (χ0) is 22.1. The molecule has 31 heavy (non-hydrogen) atoms. The van der Waals surface area contributed by atoms with Crippen molar-refractivity contribution in [3.63, 3.8) is 0 Å². The van der Waals surface area contributed by atoms with Gasteiger partial charge in [0.15, 0.2) is 0 Å². The maximum absolute atomic E-state index is 12.1. The number of nitrogens with zero attached hydrogens (tertiary/aromatic N) is 1. The Balaban J connectivity index is 1.36. The zero-order valence-corrected chi connectivity index (χ0v) is 18.5. The van der Waals surface area contributed by atoms with Crippen LogP contribution in [0.4, 0.5) is 0 Å². The van der Waals surface area contributed by atoms with E-state index in [0.29, 0.717) is 17.2 Å². The van der Waals surface area contributed by atoms with Gasteiger partial charge in [-0.2, -0.15) is 0 Å². The van der Waals surface area contributed by atoms with Crippen molar-refractivity contribution in [1.82, 2.24) is 10.3 Å². The second-order valence-corrected chi connectivity index (χ2v) is 8.14. The van der Waals surface area contributed by atoms with E-state index in [0.717, 1.165) is 22.4 Å². The molecule has 1 heterocycles. The lowest BCUT2D eigenvalue weighted by molar-refractivity contribution is -0.145. The summed E-state index contributed by atoms with van der Waals surface area (Å²) < 4.78 is 11.0. The number of esters is 1. The van der Waals surface area contributed by atoms with Gasteiger partial charge in [-0.1, -0.05) is 42.5 Å². The number of hydrogen-bond donors (Lipinski definition) is 1. The molecular formula is C24H26N2O4S. The molecule has 0 aliphatic carbocycles. The maximum Gasteiger partial charge on any atom is 0.309 e. The first-order valence-electron chi connectivity index (χ1n) is 10.1. The third-order valence-electron chi connectivity index (χ3n) is 4.53. The summed E-state index contributed by atoms with van der Waals surface area (Å²) in [5.41, 5.74) is 3.82. The molecule has 0 unspecified atom stereocenters. The summed E-state index contributed by atoms with van der Waals surface area (Å²) in [6.45, 7) is 4.79. The molecule has 0 aliphatic rings. The Morgan fingerprint density at radius 2 is 1.90 bits per heavy atom. The Labute approximate surface area is 186 Å². The van der Waals surface area contributed by atoms with Crippen molar-refractivity contribution >= 4 is 23.2 Å². The van der Waals surface area contributed by atoms with Crippen LogP contribution in [0.2, 0.25) is 0 Å². The van der Waals surface area contributed by atoms with E-state index >= 15 is 0 Å². The minimum Gasteiger partial charge on any atom is -0.493 e. The molecule has 1 aromatic heterocycles. The Hall–Kier alpha value is -3.19. The first kappa shape index (κ1) is 22.5. The largest absolute Gasteiger partial charge is 0.493 e. The normalized spacial score (nSPS) is 10.5. The fraction of sp³-hybridized carbons (Fsp3) is 0.292. The molecule has 0 fully saturated rings. The van der Waals surface area contributed by atoms with Crippen LogP contribution in [0.3, 0.4) is 0 Å². The highest BCUT2D eigenvalue weighted by atomic mass is 32.1. The quantitative estimate of drug-likeness (QED) is 0.482. The van der Waals surface area contributed by atoms with Gasteiger partial charge in [-0.25, -0.2) is 4.98 Å². The average Bonchev–Trinajstić information content (AvgIpc) is 3.21. The number of hydrogen-bond acceptors (Lipinski definition) is 6. The van der Waals surface area contributed by atoms with Gasteiger partial charge in [0.1, 0.15) is 17.4 Å². The van der Waals surface area contributed by atoms with E-state index in [9.17, 15) is 9.59 Å². The van der Waals surface area contributed by atoms with Crippen LogP contribution in [-0.2, 0) is 33.9 Å². The van der Waals surface area contributed by atoms with Crippen molar-refractivity contribution in [2.75, 3.05) is 6.61 Å². The lowest BCUT2D eigenvalue weighted by Gasteiger charge is -2.09. The fourth-order valence-corrected chi connectivity index (χ4v) is 3.60. The average molecular weight is 439 g/mol. The lowest BCUT2D eigenvalue weighted by Crippen LogP contribution is -2.24. The van der Waals surface area contributed by atoms with Crippen molar-refractivity contribution < 1.29 is 19.1 Å². The van der Waals surface area contributed by atoms with Gasteiger partial charge in [-0.3, -0.25) is 9.59 Å². The minimum absolute atomic E-state index is 0.0877. The van der Waals surface area contributed by atoms with E-state index < -0.39 is 0 Å². The van der Waals surface area contributed by atoms with Crippen LogP contribution in [0.25, 0.3) is 0 Å². The molecular weight excluding hydrogens is 412 g/mol. The summed E-state index contributed by atoms with van der Waals surface area (Å²) in [5, 5.41) is 5.37. The van der Waals surface area contributed by atoms with Crippen LogP contribution in [-0.4, -0.2) is 23.5 Å². The van der Waals surface area contributed by atoms with Gasteiger partial charge in [-0.15, -0.1) is 11.3 Å². The first-order chi connectivity index (χ1) is 15.0. The molecule has 0 bridgehead atoms. The molecule has 7 heteroatoms. The number of aryl methyl sites for hydroxylation is 2. The molecule has 0 spiro atoms. The van der Waals surface area contributed by atoms with Crippen molar-refractivity contribution in [3.05, 3.63) is 81.3 Å². The number of benzene rings is 2. The van der Waals surface area contributed by atoms with E-state index in [4.69, 9.17) is 9.47 Å². The van der Waals surface area contributed by atoms with Crippen LogP contribution in [0.1, 0.15) is 33.8 Å². The summed E-state index contributed by atoms with van der Waals surface area (Å²) >= 11 is 1.38. The fourth-order valence-electron chi connectivity index (χ4n) is 2.83. The SMILES string of the molecule is Cc1ccc(C)c(OCCC(=O)OCc2csc(CC(=O)NCc3ccccc3)n2)c1. The summed E-state index contributed by atoms with van der Waals surface area (Å²) in [6, 6.07) is 15.7. The number of rotatable bonds is 10. The summed E-state index contributed by atoms with van der Waals surface area (Å²) in [5.74, 6) is 0.341. The summed E-state index contributed by atoms with van der Waals surface area (Å²) in [7, 11) is 0. The molecule has 0 atom stereocenters. The van der Waals surface area contributed by atoms with E-state index in [1.807, 2.05) is 62.4 Å². The van der Waals surface area contributed by atoms with Gasteiger partial charge >= 0.3 is 5.97 Å². The molecule has 6 nitrogen and oxygen atoms in total. The van der Waals surface area contributed by atoms with Crippen LogP contribution in [0.5, 0.6) is 5.75 Å². The van der Waals surface area contributed by atoms with Crippen molar-refractivity contribution in [2.45, 2.75) is 39.8 Å². The van der Waals surface area contributed by atoms with E-state index in [2.05, 4.69) is 10.3 Å². The smallest absolute Gasteiger partial charge is 0.309 e. The molecule has 1 amide bonds. The van der Waals surface area contributed by atoms with E-state index in [-0.39, 0.29) is 37.9 Å². The summed E-state index contributed by atoms with van der Waals surface area (Å²) in [6.07, 6.45) is 0.362. The minimum atomic E-state index is -0.347. The standard InChI is InChI=1S/C24H26N2O4S/c1-17-8-9-18(2)21(12-17)29-11-10-24(28)30-15-20-16-31-23(26-20)13-22(27)25-14-19-6-4-3-5-7-19/h3-9,12,16H,10-11,13-15H2,1-2H3,(H,25,27). The van der Waals surface area contributed by atoms with Gasteiger partial charge in [0.2, 0.25) is 5.91 Å². The van der Waals surface area contributed by atoms with Crippen molar-refractivity contribution in [1.29, 1.82) is 0 Å². The molecule has 0 saturated carbocycles. The molecule has 2 aromatic carbocycles. The third-order valence-corrected chi connectivity index (χ3v) is 5.43. The summed E-state index contributed by atoms with van der Waals surface area (Å²) in [4.78, 5) is 28.4. The monoisotopic (exact) mass is 438 g/mol. The molecule has 0 radical (unpaired) electrons. The van der Waals surface area contributed by atoms with Gasteiger partial charge in [-0.05, 0) is 36.6 Å². The number of thiazole rings is 1. The highest BCUT2D eigenvalue weighted by Gasteiger charge is 2.10. The third kappa shape index (κ3) is 7.53. The number of aromatic nitrogens is 1. The van der Waals surface area contributed by atoms with Crippen LogP contribution < -0.4 is 10.1 Å². The number of carbonyl (C=O) groups is 2. The topological polar surface area (TPSA) is 77.5 Å². The van der Waals surface area contributed by atoms with Crippen molar-refractivity contribution in [2.24, 2.45) is 0 Å². The molecule has 3 aromatic rings. The van der Waals surface area contributed by atoms with Gasteiger partial charge in [0.25, 0.3) is 0 Å². The van der Waals surface area contributed by atoms with Gasteiger partial charge < -0.3 is 14.8 Å². The van der Waals surface area contributed by atoms with Crippen LogP contribution >= 0.6 is 11.3 Å².